The lowest BCUT2D eigenvalue weighted by Crippen LogP contribution is -2.32. The minimum atomic E-state index is -3.27. The zero-order valence-electron chi connectivity index (χ0n) is 14.2. The van der Waals surface area contributed by atoms with Gasteiger partial charge >= 0.3 is 0 Å². The molecule has 0 radical (unpaired) electrons. The van der Waals surface area contributed by atoms with Gasteiger partial charge in [0.05, 0.1) is 25.0 Å². The summed E-state index contributed by atoms with van der Waals surface area (Å²) < 4.78 is 33.4. The fraction of sp³-hybridized carbons (Fsp3) is 0.471. The van der Waals surface area contributed by atoms with Crippen LogP contribution in [0.15, 0.2) is 36.7 Å². The van der Waals surface area contributed by atoms with Gasteiger partial charge in [-0.1, -0.05) is 29.8 Å². The average Bonchev–Trinajstić information content (AvgIpc) is 3.16. The van der Waals surface area contributed by atoms with Crippen LogP contribution in [0.2, 0.25) is 0 Å². The zero-order chi connectivity index (χ0) is 17.3. The second kappa shape index (κ2) is 6.66. The quantitative estimate of drug-likeness (QED) is 0.827. The Morgan fingerprint density at radius 1 is 1.25 bits per heavy atom. The molecule has 0 amide bonds. The summed E-state index contributed by atoms with van der Waals surface area (Å²) in [7, 11) is -0.140. The third-order valence-electron chi connectivity index (χ3n) is 4.48. The van der Waals surface area contributed by atoms with Crippen molar-refractivity contribution in [2.24, 2.45) is 5.92 Å². The minimum Gasteiger partial charge on any atom is -0.379 e. The summed E-state index contributed by atoms with van der Waals surface area (Å²) in [4.78, 5) is 4.47. The molecule has 0 unspecified atom stereocenters. The first-order valence-corrected chi connectivity index (χ1v) is 9.57. The Morgan fingerprint density at radius 2 is 1.96 bits per heavy atom. The summed E-state index contributed by atoms with van der Waals surface area (Å²) in [6.07, 6.45) is 3.66. The molecule has 0 aliphatic carbocycles. The molecule has 24 heavy (non-hydrogen) atoms. The molecule has 2 heterocycles. The van der Waals surface area contributed by atoms with E-state index < -0.39 is 10.0 Å². The van der Waals surface area contributed by atoms with Gasteiger partial charge in [-0.15, -0.1) is 0 Å². The molecule has 130 valence electrons. The van der Waals surface area contributed by atoms with Crippen molar-refractivity contribution < 1.29 is 13.2 Å². The van der Waals surface area contributed by atoms with Crippen molar-refractivity contribution in [3.05, 3.63) is 42.2 Å². The number of aromatic nitrogens is 2. The highest BCUT2D eigenvalue weighted by Gasteiger charge is 2.35. The van der Waals surface area contributed by atoms with Gasteiger partial charge < -0.3 is 9.30 Å². The number of ether oxygens (including phenoxy) is 1. The van der Waals surface area contributed by atoms with Crippen molar-refractivity contribution in [1.82, 2.24) is 13.9 Å². The van der Waals surface area contributed by atoms with Crippen molar-refractivity contribution in [2.75, 3.05) is 33.1 Å². The maximum Gasteiger partial charge on any atom is 0.214 e. The first-order chi connectivity index (χ1) is 11.4. The Labute approximate surface area is 143 Å². The van der Waals surface area contributed by atoms with Crippen molar-refractivity contribution >= 4 is 10.0 Å². The van der Waals surface area contributed by atoms with Gasteiger partial charge in [-0.05, 0) is 6.92 Å². The number of sulfonamides is 1. The Balaban J connectivity index is 1.89. The fourth-order valence-corrected chi connectivity index (χ4v) is 4.14. The lowest BCUT2D eigenvalue weighted by atomic mass is 10.1. The first kappa shape index (κ1) is 17.1. The lowest BCUT2D eigenvalue weighted by Gasteiger charge is -2.22. The summed E-state index contributed by atoms with van der Waals surface area (Å²) in [6, 6.07) is 8.14. The van der Waals surface area contributed by atoms with Crippen LogP contribution in [0.1, 0.15) is 11.6 Å². The number of imidazole rings is 1. The van der Waals surface area contributed by atoms with Gasteiger partial charge in [-0.2, -0.15) is 0 Å². The Bertz CT molecular complexity index is 797. The van der Waals surface area contributed by atoms with Crippen molar-refractivity contribution in [2.45, 2.75) is 13.0 Å². The Hall–Kier alpha value is -1.70. The second-order valence-electron chi connectivity index (χ2n) is 6.45. The average molecular weight is 349 g/mol. The molecule has 1 aliphatic rings. The van der Waals surface area contributed by atoms with Gasteiger partial charge in [0.1, 0.15) is 5.82 Å². The summed E-state index contributed by atoms with van der Waals surface area (Å²) in [6.45, 7) is 3.00. The summed E-state index contributed by atoms with van der Waals surface area (Å²) >= 11 is 0. The van der Waals surface area contributed by atoms with Crippen LogP contribution in [-0.2, 0) is 14.8 Å². The molecule has 0 spiro atoms. The topological polar surface area (TPSA) is 64.4 Å². The van der Waals surface area contributed by atoms with Crippen molar-refractivity contribution in [3.63, 3.8) is 0 Å². The van der Waals surface area contributed by atoms with Crippen LogP contribution in [0.5, 0.6) is 0 Å². The third kappa shape index (κ3) is 3.38. The predicted octanol–water partition coefficient (Wildman–Crippen LogP) is 1.94. The molecule has 2 atom stereocenters. The number of hydrogen-bond acceptors (Lipinski definition) is 4. The molecule has 2 aromatic rings. The molecule has 0 saturated carbocycles. The van der Waals surface area contributed by atoms with Crippen LogP contribution < -0.4 is 0 Å². The molecule has 7 heteroatoms. The molecule has 3 rings (SSSR count). The van der Waals surface area contributed by atoms with Gasteiger partial charge in [-0.25, -0.2) is 17.7 Å². The highest BCUT2D eigenvalue weighted by molar-refractivity contribution is 7.89. The number of hydrogen-bond donors (Lipinski definition) is 0. The molecule has 1 aromatic heterocycles. The van der Waals surface area contributed by atoms with Crippen LogP contribution in [-0.4, -0.2) is 55.3 Å². The molecular formula is C17H23N3O3S. The highest BCUT2D eigenvalue weighted by atomic mass is 32.2. The summed E-state index contributed by atoms with van der Waals surface area (Å²) in [5, 5.41) is 0. The van der Waals surface area contributed by atoms with Crippen LogP contribution in [0.25, 0.3) is 11.4 Å². The van der Waals surface area contributed by atoms with E-state index in [4.69, 9.17) is 4.74 Å². The van der Waals surface area contributed by atoms with Crippen LogP contribution in [0, 0.1) is 12.8 Å². The molecule has 1 aromatic carbocycles. The molecule has 0 bridgehead atoms. The second-order valence-corrected chi connectivity index (χ2v) is 8.68. The van der Waals surface area contributed by atoms with Gasteiger partial charge in [0.2, 0.25) is 10.0 Å². The van der Waals surface area contributed by atoms with E-state index in [2.05, 4.69) is 4.98 Å². The van der Waals surface area contributed by atoms with Crippen molar-refractivity contribution in [1.29, 1.82) is 0 Å². The van der Waals surface area contributed by atoms with Crippen LogP contribution in [0.4, 0.5) is 0 Å². The van der Waals surface area contributed by atoms with E-state index in [0.717, 1.165) is 11.4 Å². The first-order valence-electron chi connectivity index (χ1n) is 7.96. The molecular weight excluding hydrogens is 326 g/mol. The largest absolute Gasteiger partial charge is 0.379 e. The van der Waals surface area contributed by atoms with Gasteiger partial charge in [0.15, 0.2) is 0 Å². The van der Waals surface area contributed by atoms with Crippen LogP contribution in [0.3, 0.4) is 0 Å². The van der Waals surface area contributed by atoms with Crippen LogP contribution >= 0.6 is 0 Å². The fourth-order valence-electron chi connectivity index (χ4n) is 2.98. The zero-order valence-corrected chi connectivity index (χ0v) is 15.0. The predicted molar refractivity (Wildman–Crippen MR) is 93.2 cm³/mol. The van der Waals surface area contributed by atoms with E-state index in [9.17, 15) is 8.42 Å². The Morgan fingerprint density at radius 3 is 2.62 bits per heavy atom. The molecule has 6 nitrogen and oxygen atoms in total. The van der Waals surface area contributed by atoms with E-state index in [1.54, 1.807) is 20.3 Å². The standard InChI is InChI=1S/C17H23N3O3S/c1-13-4-6-14(7-5-13)17-18-8-9-20(17)16-11-23-10-15(16)12-24(21,22)19(2)3/h4-9,15-16H,10-12H2,1-3H3/t15-,16+/m0/s1. The highest BCUT2D eigenvalue weighted by Crippen LogP contribution is 2.31. The number of rotatable bonds is 5. The number of benzene rings is 1. The molecule has 0 N–H and O–H groups in total. The van der Waals surface area contributed by atoms with Gasteiger partial charge in [0.25, 0.3) is 0 Å². The maximum atomic E-state index is 12.2. The maximum absolute atomic E-state index is 12.2. The summed E-state index contributed by atoms with van der Waals surface area (Å²) in [5.41, 5.74) is 2.21. The van der Waals surface area contributed by atoms with Gasteiger partial charge in [0, 0.05) is 38.0 Å². The lowest BCUT2D eigenvalue weighted by molar-refractivity contribution is 0.182. The van der Waals surface area contributed by atoms with E-state index in [-0.39, 0.29) is 17.7 Å². The van der Waals surface area contributed by atoms with E-state index in [1.165, 1.54) is 9.87 Å². The normalized spacial score (nSPS) is 21.5. The minimum absolute atomic E-state index is 0.0291. The van der Waals surface area contributed by atoms with E-state index in [0.29, 0.717) is 13.2 Å². The summed E-state index contributed by atoms with van der Waals surface area (Å²) in [5.74, 6) is 0.837. The van der Waals surface area contributed by atoms with E-state index in [1.807, 2.05) is 42.0 Å². The number of aryl methyl sites for hydroxylation is 1. The molecule has 1 saturated heterocycles. The van der Waals surface area contributed by atoms with E-state index >= 15 is 0 Å². The monoisotopic (exact) mass is 349 g/mol. The van der Waals surface area contributed by atoms with Gasteiger partial charge in [-0.3, -0.25) is 0 Å². The van der Waals surface area contributed by atoms with Crippen molar-refractivity contribution in [3.8, 4) is 11.4 Å². The molecule has 1 aliphatic heterocycles. The number of nitrogens with zero attached hydrogens (tertiary/aromatic N) is 3. The Kier molecular flexibility index (Phi) is 4.76. The molecule has 1 fully saturated rings. The SMILES string of the molecule is Cc1ccc(-c2nccn2[C@@H]2COC[C@H]2CS(=O)(=O)N(C)C)cc1. The third-order valence-corrected chi connectivity index (χ3v) is 6.44. The smallest absolute Gasteiger partial charge is 0.214 e.